The fourth-order valence-electron chi connectivity index (χ4n) is 3.21. The molecule has 0 spiro atoms. The van der Waals surface area contributed by atoms with Gasteiger partial charge in [0.1, 0.15) is 30.7 Å². The summed E-state index contributed by atoms with van der Waals surface area (Å²) >= 11 is 1.96. The molecule has 0 unspecified atom stereocenters. The van der Waals surface area contributed by atoms with Gasteiger partial charge in [-0.15, -0.1) is 0 Å². The van der Waals surface area contributed by atoms with Gasteiger partial charge < -0.3 is 9.47 Å². The third-order valence-corrected chi connectivity index (χ3v) is 4.74. The molecule has 2 aliphatic heterocycles. The van der Waals surface area contributed by atoms with E-state index >= 15 is 0 Å². The van der Waals surface area contributed by atoms with Gasteiger partial charge in [-0.3, -0.25) is 0 Å². The minimum absolute atomic E-state index is 0.0439. The summed E-state index contributed by atoms with van der Waals surface area (Å²) in [7, 11) is 9.38. The van der Waals surface area contributed by atoms with Crippen molar-refractivity contribution in [2.24, 2.45) is 15.4 Å². The quantitative estimate of drug-likeness (QED) is 0.298. The zero-order valence-corrected chi connectivity index (χ0v) is 20.8. The first-order chi connectivity index (χ1) is 13.9. The Labute approximate surface area is 195 Å². The van der Waals surface area contributed by atoms with E-state index in [0.717, 1.165) is 0 Å². The molecule has 0 radical (unpaired) electrons. The molecule has 8 heteroatoms. The number of nitrogens with zero attached hydrogens (tertiary/aromatic N) is 2. The van der Waals surface area contributed by atoms with Crippen molar-refractivity contribution >= 4 is 52.3 Å². The maximum atomic E-state index is 5.93. The molecule has 0 bridgehead atoms. The first-order valence-corrected chi connectivity index (χ1v) is 15.7. The van der Waals surface area contributed by atoms with E-state index in [-0.39, 0.29) is 12.1 Å². The van der Waals surface area contributed by atoms with Crippen molar-refractivity contribution in [3.05, 3.63) is 71.8 Å². The molecular weight excluding hydrogens is 566 g/mol. The van der Waals surface area contributed by atoms with E-state index in [1.807, 2.05) is 56.7 Å². The molecule has 2 aromatic carbocycles. The van der Waals surface area contributed by atoms with Gasteiger partial charge >= 0.3 is 49.4 Å². The predicted octanol–water partition coefficient (Wildman–Crippen LogP) is 6.61. The second kappa shape index (κ2) is 10.5. The fourth-order valence-corrected chi connectivity index (χ4v) is 3.21. The van der Waals surface area contributed by atoms with E-state index in [0.29, 0.717) is 25.0 Å². The molecule has 0 saturated heterocycles. The van der Waals surface area contributed by atoms with Crippen LogP contribution in [0.25, 0.3) is 0 Å². The molecule has 2 atom stereocenters. The number of benzene rings is 2. The Hall–Kier alpha value is -0.791. The molecule has 4 rings (SSSR count). The first-order valence-electron chi connectivity index (χ1n) is 9.07. The van der Waals surface area contributed by atoms with Crippen molar-refractivity contribution < 1.29 is 18.3 Å². The SMILES string of the molecule is CC(C)(C1=N[C@@H](c2ccccc2)CO1)C1=N[C@@H](c2ccccc2)CO1.[Cl][Fe]([Cl])[I]. The van der Waals surface area contributed by atoms with Crippen LogP contribution in [0.4, 0.5) is 0 Å². The van der Waals surface area contributed by atoms with Crippen molar-refractivity contribution in [3.8, 4) is 0 Å². The average Bonchev–Trinajstić information content (AvgIpc) is 3.40. The fraction of sp³-hybridized carbons (Fsp3) is 0.333. The van der Waals surface area contributed by atoms with Crippen molar-refractivity contribution in [2.45, 2.75) is 25.9 Å². The molecule has 29 heavy (non-hydrogen) atoms. The van der Waals surface area contributed by atoms with Crippen molar-refractivity contribution in [1.82, 2.24) is 0 Å². The Morgan fingerprint density at radius 2 is 1.17 bits per heavy atom. The number of aliphatic imine (C=N–C) groups is 2. The van der Waals surface area contributed by atoms with Gasteiger partial charge in [0.2, 0.25) is 0 Å². The van der Waals surface area contributed by atoms with E-state index in [4.69, 9.17) is 39.7 Å². The number of halogens is 3. The molecule has 0 saturated carbocycles. The summed E-state index contributed by atoms with van der Waals surface area (Å²) in [5, 5.41) is 0. The van der Waals surface area contributed by atoms with Gasteiger partial charge in [0.25, 0.3) is 0 Å². The van der Waals surface area contributed by atoms with Crippen molar-refractivity contribution in [2.75, 3.05) is 13.2 Å². The molecule has 0 fully saturated rings. The predicted molar refractivity (Wildman–Crippen MR) is 125 cm³/mol. The van der Waals surface area contributed by atoms with E-state index < -0.39 is 14.2 Å². The molecule has 2 heterocycles. The summed E-state index contributed by atoms with van der Waals surface area (Å²) in [6.45, 7) is 5.26. The second-order valence-electron chi connectivity index (χ2n) is 7.12. The normalized spacial score (nSPS) is 21.2. The number of hydrogen-bond acceptors (Lipinski definition) is 4. The molecule has 0 N–H and O–H groups in total. The molecule has 0 amide bonds. The van der Waals surface area contributed by atoms with Crippen LogP contribution in [0.2, 0.25) is 0 Å². The summed E-state index contributed by atoms with van der Waals surface area (Å²) < 4.78 is 11.9. The van der Waals surface area contributed by atoms with Crippen molar-refractivity contribution in [3.63, 3.8) is 0 Å². The Balaban J connectivity index is 0.000000552. The van der Waals surface area contributed by atoms with Gasteiger partial charge in [-0.25, -0.2) is 9.98 Å². The number of ether oxygens (including phenoxy) is 2. The van der Waals surface area contributed by atoms with Crippen LogP contribution in [0.15, 0.2) is 70.6 Å². The first kappa shape index (κ1) is 22.9. The standard InChI is InChI=1S/C21H22N2O2.2ClH.Fe.HI/c1-21(2,19-22-17(13-24-19)15-9-5-3-6-10-15)20-23-18(14-25-20)16-11-7-4-8-12-16;;;;/h3-12,17-18H,13-14H2,1-2H3;2*1H;;1H/q;;;+3;/p-3/t17-,18-;;;;/m1..../s1. The van der Waals surface area contributed by atoms with Gasteiger partial charge in [0, 0.05) is 0 Å². The van der Waals surface area contributed by atoms with Gasteiger partial charge in [0.05, 0.1) is 0 Å². The zero-order chi connectivity index (χ0) is 20.9. The van der Waals surface area contributed by atoms with E-state index in [9.17, 15) is 0 Å². The number of hydrogen-bond donors (Lipinski definition) is 0. The maximum absolute atomic E-state index is 5.93. The molecule has 2 aliphatic rings. The van der Waals surface area contributed by atoms with E-state index in [1.165, 1.54) is 11.1 Å². The van der Waals surface area contributed by atoms with E-state index in [1.54, 1.807) is 0 Å². The summed E-state index contributed by atoms with van der Waals surface area (Å²) in [5.41, 5.74) is 1.88. The average molecular weight is 588 g/mol. The summed E-state index contributed by atoms with van der Waals surface area (Å²) in [4.78, 5) is 9.61. The third kappa shape index (κ3) is 6.11. The molecule has 4 nitrogen and oxygen atoms in total. The molecule has 0 aromatic heterocycles. The van der Waals surface area contributed by atoms with Crippen LogP contribution in [0.3, 0.4) is 0 Å². The van der Waals surface area contributed by atoms with Gasteiger partial charge in [0.15, 0.2) is 11.8 Å². The Morgan fingerprint density at radius 3 is 1.52 bits per heavy atom. The molecule has 0 aliphatic carbocycles. The Kier molecular flexibility index (Phi) is 8.28. The van der Waals surface area contributed by atoms with Crippen LogP contribution in [-0.4, -0.2) is 25.0 Å². The summed E-state index contributed by atoms with van der Waals surface area (Å²) in [5.74, 6) is 1.41. The minimum atomic E-state index is -0.836. The van der Waals surface area contributed by atoms with Gasteiger partial charge in [-0.2, -0.15) is 0 Å². The van der Waals surface area contributed by atoms with Crippen LogP contribution in [-0.2, 0) is 18.3 Å². The Bertz CT molecular complexity index is 793. The number of rotatable bonds is 4. The van der Waals surface area contributed by atoms with Crippen LogP contribution in [0.1, 0.15) is 37.1 Å². The Morgan fingerprint density at radius 1 is 0.828 bits per heavy atom. The van der Waals surface area contributed by atoms with Gasteiger partial charge in [-0.1, -0.05) is 60.7 Å². The van der Waals surface area contributed by atoms with Crippen molar-refractivity contribution in [1.29, 1.82) is 0 Å². The summed E-state index contributed by atoms with van der Waals surface area (Å²) in [6, 6.07) is 20.6. The topological polar surface area (TPSA) is 43.2 Å². The second-order valence-corrected chi connectivity index (χ2v) is 17.2. The zero-order valence-electron chi connectivity index (χ0n) is 16.0. The van der Waals surface area contributed by atoms with Gasteiger partial charge in [-0.05, 0) is 25.0 Å². The van der Waals surface area contributed by atoms with Crippen LogP contribution >= 0.6 is 40.5 Å². The molecule has 157 valence electrons. The van der Waals surface area contributed by atoms with Crippen LogP contribution in [0, 0.1) is 5.41 Å². The summed E-state index contributed by atoms with van der Waals surface area (Å²) in [6.07, 6.45) is 0. The van der Waals surface area contributed by atoms with Crippen LogP contribution < -0.4 is 0 Å². The molecule has 2 aromatic rings. The van der Waals surface area contributed by atoms with Crippen LogP contribution in [0.5, 0.6) is 0 Å². The monoisotopic (exact) mass is 587 g/mol. The van der Waals surface area contributed by atoms with E-state index in [2.05, 4.69) is 38.1 Å². The molecular formula is C21H22Cl2FeIN2O2. The third-order valence-electron chi connectivity index (χ3n) is 4.74.